The van der Waals surface area contributed by atoms with Gasteiger partial charge in [-0.2, -0.15) is 0 Å². The number of rotatable bonds is 4. The molecule has 5 aromatic rings. The summed E-state index contributed by atoms with van der Waals surface area (Å²) in [6, 6.07) is 28.0. The first-order valence-electron chi connectivity index (χ1n) is 11.4. The molecule has 36 heavy (non-hydrogen) atoms. The van der Waals surface area contributed by atoms with Crippen LogP contribution in [-0.4, -0.2) is 23.5 Å². The number of aromatic nitrogens is 1. The molecule has 0 atom stereocenters. The number of anilines is 2. The summed E-state index contributed by atoms with van der Waals surface area (Å²) in [6.45, 7) is 1.44. The second-order valence-corrected chi connectivity index (χ2v) is 9.41. The van der Waals surface area contributed by atoms with Crippen LogP contribution in [0, 0.1) is 6.92 Å². The number of fused-ring (bicyclic) bond motifs is 3. The van der Waals surface area contributed by atoms with E-state index in [9.17, 15) is 9.59 Å². The summed E-state index contributed by atoms with van der Waals surface area (Å²) in [5, 5.41) is 0.645. The third kappa shape index (κ3) is 3.93. The van der Waals surface area contributed by atoms with Gasteiger partial charge in [-0.15, -0.1) is 0 Å². The molecular weight excluding hydrogens is 472 g/mol. The van der Waals surface area contributed by atoms with E-state index in [4.69, 9.17) is 9.15 Å². The fourth-order valence-corrected chi connectivity index (χ4v) is 5.34. The molecular formula is C29H20N2O4S. The zero-order valence-electron chi connectivity index (χ0n) is 19.3. The molecule has 0 unspecified atom stereocenters. The van der Waals surface area contributed by atoms with Crippen molar-refractivity contribution in [2.75, 3.05) is 11.5 Å². The molecule has 3 heterocycles. The van der Waals surface area contributed by atoms with E-state index in [0.29, 0.717) is 27.9 Å². The number of carbonyl (C=O) groups is 2. The Morgan fingerprint density at radius 1 is 0.889 bits per heavy atom. The maximum Gasteiger partial charge on any atom is 0.339 e. The predicted molar refractivity (Wildman–Crippen MR) is 139 cm³/mol. The van der Waals surface area contributed by atoms with Crippen molar-refractivity contribution in [3.05, 3.63) is 102 Å². The molecule has 176 valence electrons. The van der Waals surface area contributed by atoms with Gasteiger partial charge in [0.05, 0.1) is 22.5 Å². The Bertz CT molecular complexity index is 1600. The minimum absolute atomic E-state index is 0.326. The average molecular weight is 493 g/mol. The number of para-hydroxylation sites is 3. The quantitative estimate of drug-likeness (QED) is 0.257. The smallest absolute Gasteiger partial charge is 0.339 e. The van der Waals surface area contributed by atoms with Crippen LogP contribution < -0.4 is 4.90 Å². The molecule has 0 spiro atoms. The highest BCUT2D eigenvalue weighted by atomic mass is 32.2. The normalized spacial score (nSPS) is 12.2. The maximum absolute atomic E-state index is 13.4. The van der Waals surface area contributed by atoms with Crippen LogP contribution in [0.15, 0.2) is 105 Å². The second kappa shape index (κ2) is 9.02. The summed E-state index contributed by atoms with van der Waals surface area (Å²) < 4.78 is 11.3. The molecule has 3 aromatic carbocycles. The van der Waals surface area contributed by atoms with Crippen LogP contribution in [0.3, 0.4) is 0 Å². The Morgan fingerprint density at radius 2 is 1.56 bits per heavy atom. The first kappa shape index (κ1) is 22.1. The molecule has 1 aliphatic heterocycles. The van der Waals surface area contributed by atoms with Crippen molar-refractivity contribution in [1.29, 1.82) is 0 Å². The highest BCUT2D eigenvalue weighted by Crippen LogP contribution is 2.47. The molecule has 6 rings (SSSR count). The number of hydrogen-bond acceptors (Lipinski definition) is 6. The largest absolute Gasteiger partial charge is 0.460 e. The van der Waals surface area contributed by atoms with Crippen molar-refractivity contribution < 1.29 is 18.7 Å². The number of benzene rings is 3. The molecule has 0 saturated carbocycles. The molecule has 6 nitrogen and oxygen atoms in total. The van der Waals surface area contributed by atoms with Gasteiger partial charge in [-0.1, -0.05) is 54.2 Å². The van der Waals surface area contributed by atoms with E-state index < -0.39 is 12.6 Å². The van der Waals surface area contributed by atoms with Crippen LogP contribution in [0.1, 0.15) is 16.1 Å². The van der Waals surface area contributed by atoms with Gasteiger partial charge in [0.15, 0.2) is 12.4 Å². The number of esters is 1. The number of ether oxygens (including phenoxy) is 1. The maximum atomic E-state index is 13.4. The highest BCUT2D eigenvalue weighted by Gasteiger charge is 2.29. The topological polar surface area (TPSA) is 72.6 Å². The first-order valence-corrected chi connectivity index (χ1v) is 12.2. The minimum Gasteiger partial charge on any atom is -0.460 e. The molecule has 0 saturated heterocycles. The Hall–Kier alpha value is -4.36. The van der Waals surface area contributed by atoms with Crippen LogP contribution in [0.4, 0.5) is 11.4 Å². The van der Waals surface area contributed by atoms with Crippen molar-refractivity contribution in [3.63, 3.8) is 0 Å². The number of furan rings is 1. The summed E-state index contributed by atoms with van der Waals surface area (Å²) in [7, 11) is 0. The monoisotopic (exact) mass is 492 g/mol. The van der Waals surface area contributed by atoms with Gasteiger partial charge in [0, 0.05) is 15.2 Å². The Balaban J connectivity index is 1.31. The summed E-state index contributed by atoms with van der Waals surface area (Å²) in [4.78, 5) is 34.9. The third-order valence-electron chi connectivity index (χ3n) is 5.94. The lowest BCUT2D eigenvalue weighted by Gasteiger charge is -2.30. The molecule has 0 aliphatic carbocycles. The Labute approximate surface area is 211 Å². The van der Waals surface area contributed by atoms with Crippen LogP contribution >= 0.6 is 11.8 Å². The molecule has 1 aliphatic rings. The lowest BCUT2D eigenvalue weighted by molar-refractivity contribution is -0.121. The Kier molecular flexibility index (Phi) is 5.54. The summed E-state index contributed by atoms with van der Waals surface area (Å²) in [6.07, 6.45) is 0. The standard InChI is InChI=1S/C29H20N2O4S/c1-18-14-15-25(35-18)22-16-20(19-8-2-3-9-21(19)30-22)29(33)34-17-28(32)31-23-10-4-6-12-26(23)36-27-13-7-5-11-24(27)31/h2-16H,17H2,1H3. The van der Waals surface area contributed by atoms with Crippen LogP contribution in [0.25, 0.3) is 22.4 Å². The second-order valence-electron chi connectivity index (χ2n) is 8.33. The molecule has 2 aromatic heterocycles. The van der Waals surface area contributed by atoms with E-state index in [0.717, 1.165) is 26.9 Å². The van der Waals surface area contributed by atoms with Crippen molar-refractivity contribution >= 4 is 45.9 Å². The van der Waals surface area contributed by atoms with E-state index in [1.54, 1.807) is 22.7 Å². The Morgan fingerprint density at radius 3 is 2.25 bits per heavy atom. The lowest BCUT2D eigenvalue weighted by Crippen LogP contribution is -2.32. The van der Waals surface area contributed by atoms with Gasteiger partial charge in [-0.05, 0) is 55.5 Å². The number of carbonyl (C=O) groups excluding carboxylic acids is 2. The zero-order valence-corrected chi connectivity index (χ0v) is 20.1. The van der Waals surface area contributed by atoms with Crippen LogP contribution in [0.2, 0.25) is 0 Å². The predicted octanol–water partition coefficient (Wildman–Crippen LogP) is 6.79. The van der Waals surface area contributed by atoms with Gasteiger partial charge in [0.2, 0.25) is 0 Å². The molecule has 0 bridgehead atoms. The van der Waals surface area contributed by atoms with Crippen molar-refractivity contribution in [2.24, 2.45) is 0 Å². The SMILES string of the molecule is Cc1ccc(-c2cc(C(=O)OCC(=O)N3c4ccccc4Sc4ccccc43)c3ccccc3n2)o1. The van der Waals surface area contributed by atoms with Gasteiger partial charge < -0.3 is 9.15 Å². The molecule has 7 heteroatoms. The van der Waals surface area contributed by atoms with Crippen molar-refractivity contribution in [1.82, 2.24) is 4.98 Å². The van der Waals surface area contributed by atoms with Gasteiger partial charge in [-0.25, -0.2) is 9.78 Å². The number of nitrogens with zero attached hydrogens (tertiary/aromatic N) is 2. The van der Waals surface area contributed by atoms with Crippen LogP contribution in [0.5, 0.6) is 0 Å². The fourth-order valence-electron chi connectivity index (χ4n) is 4.29. The molecule has 0 fully saturated rings. The average Bonchev–Trinajstić information content (AvgIpc) is 3.35. The molecule has 1 amide bonds. The van der Waals surface area contributed by atoms with Gasteiger partial charge in [0.25, 0.3) is 5.91 Å². The van der Waals surface area contributed by atoms with Gasteiger partial charge in [-0.3, -0.25) is 9.69 Å². The molecule has 0 radical (unpaired) electrons. The van der Waals surface area contributed by atoms with E-state index in [2.05, 4.69) is 4.98 Å². The number of hydrogen-bond donors (Lipinski definition) is 0. The van der Waals surface area contributed by atoms with E-state index in [1.165, 1.54) is 0 Å². The summed E-state index contributed by atoms with van der Waals surface area (Å²) in [5.74, 6) is 0.376. The summed E-state index contributed by atoms with van der Waals surface area (Å²) >= 11 is 1.61. The van der Waals surface area contributed by atoms with Crippen molar-refractivity contribution in [3.8, 4) is 11.5 Å². The zero-order chi connectivity index (χ0) is 24.6. The van der Waals surface area contributed by atoms with Crippen LogP contribution in [-0.2, 0) is 9.53 Å². The fraction of sp³-hybridized carbons (Fsp3) is 0.0690. The highest BCUT2D eigenvalue weighted by molar-refractivity contribution is 7.99. The van der Waals surface area contributed by atoms with E-state index in [-0.39, 0.29) is 5.91 Å². The number of pyridine rings is 1. The van der Waals surface area contributed by atoms with E-state index >= 15 is 0 Å². The first-order chi connectivity index (χ1) is 17.6. The molecule has 0 N–H and O–H groups in total. The van der Waals surface area contributed by atoms with E-state index in [1.807, 2.05) is 91.9 Å². The number of aryl methyl sites for hydroxylation is 1. The van der Waals surface area contributed by atoms with Crippen molar-refractivity contribution in [2.45, 2.75) is 16.7 Å². The number of amides is 1. The van der Waals surface area contributed by atoms with Gasteiger partial charge >= 0.3 is 5.97 Å². The third-order valence-corrected chi connectivity index (χ3v) is 7.07. The summed E-state index contributed by atoms with van der Waals surface area (Å²) in [5.41, 5.74) is 3.03. The lowest BCUT2D eigenvalue weighted by atomic mass is 10.1. The van der Waals surface area contributed by atoms with Gasteiger partial charge in [0.1, 0.15) is 11.5 Å². The minimum atomic E-state index is -0.598.